The van der Waals surface area contributed by atoms with E-state index in [2.05, 4.69) is 13.8 Å². The van der Waals surface area contributed by atoms with Gasteiger partial charge in [0.15, 0.2) is 5.78 Å². The number of nitrogens with zero attached hydrogens (tertiary/aromatic N) is 1. The van der Waals surface area contributed by atoms with Crippen LogP contribution in [0.3, 0.4) is 0 Å². The second-order valence-corrected chi connectivity index (χ2v) is 5.68. The molecule has 5 nitrogen and oxygen atoms in total. The molecule has 0 bridgehead atoms. The number of aromatic carboxylic acids is 1. The Hall–Kier alpha value is -1.62. The average Bonchev–Trinajstić information content (AvgIpc) is 2.73. The van der Waals surface area contributed by atoms with Gasteiger partial charge in [-0.2, -0.15) is 0 Å². The second-order valence-electron chi connectivity index (χ2n) is 5.68. The van der Waals surface area contributed by atoms with E-state index in [1.165, 1.54) is 13.0 Å². The van der Waals surface area contributed by atoms with Gasteiger partial charge in [-0.05, 0) is 19.4 Å². The first-order chi connectivity index (χ1) is 8.78. The number of carbonyl (C=O) groups is 2. The van der Waals surface area contributed by atoms with Crippen molar-refractivity contribution in [1.82, 2.24) is 4.57 Å². The Balaban J connectivity index is 2.40. The monoisotopic (exact) mass is 265 g/mol. The van der Waals surface area contributed by atoms with Crippen molar-refractivity contribution in [2.24, 2.45) is 5.41 Å². The lowest BCUT2D eigenvalue weighted by Crippen LogP contribution is -2.51. The molecule has 5 heteroatoms. The van der Waals surface area contributed by atoms with Gasteiger partial charge in [0.25, 0.3) is 0 Å². The Kier molecular flexibility index (Phi) is 3.26. The van der Waals surface area contributed by atoms with Crippen molar-refractivity contribution in [1.29, 1.82) is 0 Å². The molecule has 2 unspecified atom stereocenters. The van der Waals surface area contributed by atoms with Crippen LogP contribution < -0.4 is 0 Å². The molecule has 1 saturated carbocycles. The van der Waals surface area contributed by atoms with E-state index in [9.17, 15) is 14.7 Å². The molecule has 1 heterocycles. The number of carboxylic acids is 1. The molecular weight excluding hydrogens is 246 g/mol. The number of ether oxygens (including phenoxy) is 1. The SMILES string of the molecule is COC1CC(n2cc(C(C)=O)cc2C(=O)O)C1(C)C. The van der Waals surface area contributed by atoms with Crippen molar-refractivity contribution in [3.8, 4) is 0 Å². The van der Waals surface area contributed by atoms with Crippen molar-refractivity contribution in [2.75, 3.05) is 7.11 Å². The molecule has 1 aliphatic carbocycles. The van der Waals surface area contributed by atoms with E-state index in [1.807, 2.05) is 0 Å². The Morgan fingerprint density at radius 3 is 2.53 bits per heavy atom. The molecule has 2 atom stereocenters. The van der Waals surface area contributed by atoms with Crippen LogP contribution in [0.4, 0.5) is 0 Å². The van der Waals surface area contributed by atoms with Crippen molar-refractivity contribution in [2.45, 2.75) is 39.3 Å². The fourth-order valence-electron chi connectivity index (χ4n) is 2.84. The van der Waals surface area contributed by atoms with Crippen LogP contribution in [0.5, 0.6) is 0 Å². The maximum absolute atomic E-state index is 11.4. The lowest BCUT2D eigenvalue weighted by molar-refractivity contribution is -0.113. The lowest BCUT2D eigenvalue weighted by Gasteiger charge is -2.52. The molecule has 0 amide bonds. The minimum absolute atomic E-state index is 0.0386. The van der Waals surface area contributed by atoms with Gasteiger partial charge >= 0.3 is 5.97 Å². The van der Waals surface area contributed by atoms with Crippen LogP contribution >= 0.6 is 0 Å². The topological polar surface area (TPSA) is 68.5 Å². The summed E-state index contributed by atoms with van der Waals surface area (Å²) in [7, 11) is 1.66. The Bertz CT molecular complexity index is 530. The lowest BCUT2D eigenvalue weighted by atomic mass is 9.64. The van der Waals surface area contributed by atoms with Gasteiger partial charge in [-0.1, -0.05) is 13.8 Å². The molecule has 0 aromatic carbocycles. The van der Waals surface area contributed by atoms with Crippen LogP contribution in [0.15, 0.2) is 12.3 Å². The Morgan fingerprint density at radius 1 is 1.47 bits per heavy atom. The van der Waals surface area contributed by atoms with E-state index in [1.54, 1.807) is 17.9 Å². The van der Waals surface area contributed by atoms with E-state index in [0.717, 1.165) is 6.42 Å². The molecule has 1 N–H and O–H groups in total. The fourth-order valence-corrected chi connectivity index (χ4v) is 2.84. The van der Waals surface area contributed by atoms with Gasteiger partial charge < -0.3 is 14.4 Å². The van der Waals surface area contributed by atoms with Crippen LogP contribution in [0.25, 0.3) is 0 Å². The summed E-state index contributed by atoms with van der Waals surface area (Å²) in [5, 5.41) is 9.26. The van der Waals surface area contributed by atoms with Gasteiger partial charge in [0.1, 0.15) is 5.69 Å². The van der Waals surface area contributed by atoms with Crippen LogP contribution in [0.2, 0.25) is 0 Å². The molecule has 0 radical (unpaired) electrons. The number of hydrogen-bond acceptors (Lipinski definition) is 3. The third-order valence-electron chi connectivity index (χ3n) is 4.22. The quantitative estimate of drug-likeness (QED) is 0.849. The largest absolute Gasteiger partial charge is 0.477 e. The van der Waals surface area contributed by atoms with Crippen molar-refractivity contribution in [3.05, 3.63) is 23.5 Å². The van der Waals surface area contributed by atoms with Crippen molar-refractivity contribution < 1.29 is 19.4 Å². The van der Waals surface area contributed by atoms with Gasteiger partial charge in [-0.3, -0.25) is 4.79 Å². The summed E-state index contributed by atoms with van der Waals surface area (Å²) in [6, 6.07) is 1.48. The number of carboxylic acid groups (broad SMARTS) is 1. The van der Waals surface area contributed by atoms with Crippen LogP contribution in [-0.2, 0) is 4.74 Å². The van der Waals surface area contributed by atoms with Crippen LogP contribution in [0, 0.1) is 5.41 Å². The molecule has 1 aromatic rings. The first-order valence-corrected chi connectivity index (χ1v) is 6.28. The number of Topliss-reactive ketones (excluding diaryl/α,β-unsaturated/α-hetero) is 1. The molecule has 2 rings (SSSR count). The summed E-state index contributed by atoms with van der Waals surface area (Å²) in [5.74, 6) is -1.13. The first-order valence-electron chi connectivity index (χ1n) is 6.28. The highest BCUT2D eigenvalue weighted by molar-refractivity contribution is 5.97. The predicted molar refractivity (Wildman–Crippen MR) is 69.6 cm³/mol. The molecule has 0 spiro atoms. The highest BCUT2D eigenvalue weighted by atomic mass is 16.5. The van der Waals surface area contributed by atoms with Gasteiger partial charge in [-0.15, -0.1) is 0 Å². The molecule has 0 aliphatic heterocycles. The second kappa shape index (κ2) is 4.49. The molecule has 1 aromatic heterocycles. The number of aromatic nitrogens is 1. The predicted octanol–water partition coefficient (Wildman–Crippen LogP) is 2.37. The number of hydrogen-bond donors (Lipinski definition) is 1. The summed E-state index contributed by atoms with van der Waals surface area (Å²) < 4.78 is 7.08. The van der Waals surface area contributed by atoms with Gasteiger partial charge in [0, 0.05) is 30.3 Å². The highest BCUT2D eigenvalue weighted by Gasteiger charge is 2.50. The first kappa shape index (κ1) is 13.8. The summed E-state index contributed by atoms with van der Waals surface area (Å²) in [4.78, 5) is 22.7. The van der Waals surface area contributed by atoms with E-state index in [0.29, 0.717) is 5.56 Å². The van der Waals surface area contributed by atoms with Crippen LogP contribution in [0.1, 0.15) is 54.1 Å². The van der Waals surface area contributed by atoms with E-state index in [-0.39, 0.29) is 29.0 Å². The zero-order valence-corrected chi connectivity index (χ0v) is 11.6. The van der Waals surface area contributed by atoms with Crippen molar-refractivity contribution >= 4 is 11.8 Å². The number of ketones is 1. The number of methoxy groups -OCH3 is 1. The third kappa shape index (κ3) is 2.08. The maximum atomic E-state index is 11.4. The van der Waals surface area contributed by atoms with Crippen molar-refractivity contribution in [3.63, 3.8) is 0 Å². The number of rotatable bonds is 4. The molecule has 1 aliphatic rings. The Labute approximate surface area is 112 Å². The zero-order chi connectivity index (χ0) is 14.4. The van der Waals surface area contributed by atoms with Crippen LogP contribution in [-0.4, -0.2) is 34.6 Å². The number of carbonyl (C=O) groups excluding carboxylic acids is 1. The summed E-state index contributed by atoms with van der Waals surface area (Å²) in [6.07, 6.45) is 2.52. The minimum Gasteiger partial charge on any atom is -0.477 e. The summed E-state index contributed by atoms with van der Waals surface area (Å²) in [6.45, 7) is 5.54. The maximum Gasteiger partial charge on any atom is 0.352 e. The van der Waals surface area contributed by atoms with Gasteiger partial charge in [-0.25, -0.2) is 4.79 Å². The highest BCUT2D eigenvalue weighted by Crippen LogP contribution is 2.51. The molecule has 104 valence electrons. The fraction of sp³-hybridized carbons (Fsp3) is 0.571. The Morgan fingerprint density at radius 2 is 2.11 bits per heavy atom. The minimum atomic E-state index is -1.01. The van der Waals surface area contributed by atoms with E-state index in [4.69, 9.17) is 4.74 Å². The molecule has 19 heavy (non-hydrogen) atoms. The molecule has 0 saturated heterocycles. The summed E-state index contributed by atoms with van der Waals surface area (Å²) in [5.41, 5.74) is 0.457. The smallest absolute Gasteiger partial charge is 0.352 e. The zero-order valence-electron chi connectivity index (χ0n) is 11.6. The average molecular weight is 265 g/mol. The molecule has 1 fully saturated rings. The van der Waals surface area contributed by atoms with E-state index >= 15 is 0 Å². The van der Waals surface area contributed by atoms with Gasteiger partial charge in [0.2, 0.25) is 0 Å². The van der Waals surface area contributed by atoms with E-state index < -0.39 is 5.97 Å². The normalized spacial score (nSPS) is 24.8. The standard InChI is InChI=1S/C14H19NO4/c1-8(16)9-5-10(13(17)18)15(7-9)11-6-12(19-4)14(11,2)3/h5,7,11-12H,6H2,1-4H3,(H,17,18). The third-order valence-corrected chi connectivity index (χ3v) is 4.22. The summed E-state index contributed by atoms with van der Waals surface area (Å²) >= 11 is 0. The van der Waals surface area contributed by atoms with Gasteiger partial charge in [0.05, 0.1) is 6.10 Å². The molecular formula is C14H19NO4.